The first kappa shape index (κ1) is 14.5. The van der Waals surface area contributed by atoms with Crippen LogP contribution in [0, 0.1) is 13.8 Å². The summed E-state index contributed by atoms with van der Waals surface area (Å²) in [4.78, 5) is 0.413. The molecule has 1 aliphatic carbocycles. The molecule has 1 aliphatic rings. The van der Waals surface area contributed by atoms with E-state index in [-0.39, 0.29) is 0 Å². The molecule has 0 heterocycles. The molecular weight excluding hydrogens is 260 g/mol. The highest BCUT2D eigenvalue weighted by Gasteiger charge is 2.23. The van der Waals surface area contributed by atoms with E-state index >= 15 is 0 Å². The predicted octanol–water partition coefficient (Wildman–Crippen LogP) is 1.81. The Morgan fingerprint density at radius 2 is 1.84 bits per heavy atom. The van der Waals surface area contributed by atoms with Crippen LogP contribution in [0.1, 0.15) is 29.5 Å². The minimum atomic E-state index is -3.36. The number of benzene rings is 1. The molecule has 19 heavy (non-hydrogen) atoms. The maximum atomic E-state index is 12.3. The normalized spacial score (nSPS) is 16.1. The van der Waals surface area contributed by atoms with Gasteiger partial charge in [0.15, 0.2) is 0 Å². The Morgan fingerprint density at radius 3 is 2.37 bits per heavy atom. The summed E-state index contributed by atoms with van der Waals surface area (Å²) >= 11 is 0. The molecule has 0 spiro atoms. The van der Waals surface area contributed by atoms with Gasteiger partial charge < -0.3 is 5.32 Å². The second kappa shape index (κ2) is 5.23. The summed E-state index contributed by atoms with van der Waals surface area (Å²) in [5.74, 6) is 0. The van der Waals surface area contributed by atoms with Crippen LogP contribution in [0.5, 0.6) is 0 Å². The lowest BCUT2D eigenvalue weighted by atomic mass is 10.1. The summed E-state index contributed by atoms with van der Waals surface area (Å²) in [7, 11) is -0.232. The summed E-state index contributed by atoms with van der Waals surface area (Å²) in [5.41, 5.74) is 3.02. The zero-order valence-electron chi connectivity index (χ0n) is 12.0. The quantitative estimate of drug-likeness (QED) is 0.896. The van der Waals surface area contributed by atoms with Gasteiger partial charge in [-0.3, -0.25) is 0 Å². The third-order valence-electron chi connectivity index (χ3n) is 3.55. The summed E-state index contributed by atoms with van der Waals surface area (Å²) < 4.78 is 25.8. The van der Waals surface area contributed by atoms with Gasteiger partial charge in [-0.1, -0.05) is 6.07 Å². The van der Waals surface area contributed by atoms with Gasteiger partial charge in [-0.15, -0.1) is 0 Å². The van der Waals surface area contributed by atoms with Crippen LogP contribution >= 0.6 is 0 Å². The first-order chi connectivity index (χ1) is 8.82. The lowest BCUT2D eigenvalue weighted by Gasteiger charge is -2.16. The lowest BCUT2D eigenvalue weighted by molar-refractivity contribution is 0.520. The van der Waals surface area contributed by atoms with E-state index in [1.165, 1.54) is 17.1 Å². The standard InChI is InChI=1S/C14H22N2O2S/c1-10-7-11(2)14(19(17,18)16(3)4)8-12(10)9-15-13-5-6-13/h7-8,13,15H,5-6,9H2,1-4H3. The molecule has 5 heteroatoms. The fourth-order valence-corrected chi connectivity index (χ4v) is 3.23. The molecule has 1 N–H and O–H groups in total. The number of aryl methyl sites for hydroxylation is 2. The largest absolute Gasteiger partial charge is 0.310 e. The molecule has 1 saturated carbocycles. The molecule has 0 amide bonds. The van der Waals surface area contributed by atoms with Crippen LogP contribution in [-0.4, -0.2) is 32.9 Å². The molecule has 0 aromatic heterocycles. The van der Waals surface area contributed by atoms with E-state index < -0.39 is 10.0 Å². The minimum absolute atomic E-state index is 0.413. The summed E-state index contributed by atoms with van der Waals surface area (Å²) in [6, 6.07) is 4.39. The number of hydrogen-bond donors (Lipinski definition) is 1. The smallest absolute Gasteiger partial charge is 0.242 e. The fraction of sp³-hybridized carbons (Fsp3) is 0.571. The Balaban J connectivity index is 2.35. The van der Waals surface area contributed by atoms with Crippen molar-refractivity contribution in [1.82, 2.24) is 9.62 Å². The van der Waals surface area contributed by atoms with Crippen LogP contribution in [0.3, 0.4) is 0 Å². The zero-order chi connectivity index (χ0) is 14.2. The number of nitrogens with one attached hydrogen (secondary N) is 1. The van der Waals surface area contributed by atoms with Crippen LogP contribution in [0.4, 0.5) is 0 Å². The summed E-state index contributed by atoms with van der Waals surface area (Å²) in [5, 5.41) is 3.43. The van der Waals surface area contributed by atoms with Gasteiger partial charge in [0.05, 0.1) is 4.90 Å². The highest BCUT2D eigenvalue weighted by molar-refractivity contribution is 7.89. The second-order valence-corrected chi connectivity index (χ2v) is 7.61. The third kappa shape index (κ3) is 3.16. The molecule has 0 saturated heterocycles. The summed E-state index contributed by atoms with van der Waals surface area (Å²) in [6.45, 7) is 4.62. The van der Waals surface area contributed by atoms with E-state index in [9.17, 15) is 8.42 Å². The number of nitrogens with zero attached hydrogens (tertiary/aromatic N) is 1. The molecule has 1 aromatic rings. The Labute approximate surface area is 115 Å². The van der Waals surface area contributed by atoms with Crippen molar-refractivity contribution in [3.63, 3.8) is 0 Å². The van der Waals surface area contributed by atoms with Gasteiger partial charge >= 0.3 is 0 Å². The van der Waals surface area contributed by atoms with E-state index in [0.29, 0.717) is 10.9 Å². The van der Waals surface area contributed by atoms with E-state index in [1.807, 2.05) is 26.0 Å². The molecule has 0 atom stereocenters. The van der Waals surface area contributed by atoms with Crippen LogP contribution in [-0.2, 0) is 16.6 Å². The molecular formula is C14H22N2O2S. The molecule has 2 rings (SSSR count). The van der Waals surface area contributed by atoms with E-state index in [4.69, 9.17) is 0 Å². The van der Waals surface area contributed by atoms with Crippen molar-refractivity contribution in [1.29, 1.82) is 0 Å². The first-order valence-electron chi connectivity index (χ1n) is 6.58. The van der Waals surface area contributed by atoms with Crippen LogP contribution in [0.25, 0.3) is 0 Å². The number of hydrogen-bond acceptors (Lipinski definition) is 3. The van der Waals surface area contributed by atoms with Gasteiger partial charge in [-0.25, -0.2) is 12.7 Å². The van der Waals surface area contributed by atoms with Crippen molar-refractivity contribution in [3.05, 3.63) is 28.8 Å². The predicted molar refractivity (Wildman–Crippen MR) is 76.7 cm³/mol. The van der Waals surface area contributed by atoms with Crippen molar-refractivity contribution in [2.24, 2.45) is 0 Å². The van der Waals surface area contributed by atoms with Crippen molar-refractivity contribution in [2.45, 2.75) is 44.2 Å². The molecule has 0 aliphatic heterocycles. The van der Waals surface area contributed by atoms with Crippen LogP contribution < -0.4 is 5.32 Å². The van der Waals surface area contributed by atoms with Gasteiger partial charge in [0, 0.05) is 26.7 Å². The van der Waals surface area contributed by atoms with Crippen LogP contribution in [0.2, 0.25) is 0 Å². The summed E-state index contributed by atoms with van der Waals surface area (Å²) in [6.07, 6.45) is 2.46. The highest BCUT2D eigenvalue weighted by atomic mass is 32.2. The fourth-order valence-electron chi connectivity index (χ4n) is 2.08. The minimum Gasteiger partial charge on any atom is -0.310 e. The molecule has 0 unspecified atom stereocenters. The van der Waals surface area contributed by atoms with Gasteiger partial charge in [0.2, 0.25) is 10.0 Å². The SMILES string of the molecule is Cc1cc(C)c(S(=O)(=O)N(C)C)cc1CNC1CC1. The monoisotopic (exact) mass is 282 g/mol. The molecule has 1 fully saturated rings. The first-order valence-corrected chi connectivity index (χ1v) is 8.02. The van der Waals surface area contributed by atoms with Gasteiger partial charge in [0.1, 0.15) is 0 Å². The number of sulfonamides is 1. The van der Waals surface area contributed by atoms with E-state index in [2.05, 4.69) is 5.32 Å². The van der Waals surface area contributed by atoms with E-state index in [1.54, 1.807) is 14.1 Å². The van der Waals surface area contributed by atoms with Crippen molar-refractivity contribution >= 4 is 10.0 Å². The average molecular weight is 282 g/mol. The van der Waals surface area contributed by atoms with Gasteiger partial charge in [-0.05, 0) is 49.4 Å². The zero-order valence-corrected chi connectivity index (χ0v) is 12.8. The van der Waals surface area contributed by atoms with Gasteiger partial charge in [-0.2, -0.15) is 0 Å². The van der Waals surface area contributed by atoms with E-state index in [0.717, 1.165) is 23.2 Å². The Hall–Kier alpha value is -0.910. The average Bonchev–Trinajstić information content (AvgIpc) is 3.11. The van der Waals surface area contributed by atoms with Crippen molar-refractivity contribution in [3.8, 4) is 0 Å². The molecule has 106 valence electrons. The molecule has 4 nitrogen and oxygen atoms in total. The third-order valence-corrected chi connectivity index (χ3v) is 5.51. The highest BCUT2D eigenvalue weighted by Crippen LogP contribution is 2.24. The molecule has 0 radical (unpaired) electrons. The Bertz CT molecular complexity index is 575. The number of rotatable bonds is 5. The lowest BCUT2D eigenvalue weighted by Crippen LogP contribution is -2.24. The molecule has 0 bridgehead atoms. The Morgan fingerprint density at radius 1 is 1.21 bits per heavy atom. The Kier molecular flexibility index (Phi) is 3.99. The molecule has 1 aromatic carbocycles. The van der Waals surface area contributed by atoms with Gasteiger partial charge in [0.25, 0.3) is 0 Å². The van der Waals surface area contributed by atoms with Crippen molar-refractivity contribution in [2.75, 3.05) is 14.1 Å². The van der Waals surface area contributed by atoms with Crippen LogP contribution in [0.15, 0.2) is 17.0 Å². The second-order valence-electron chi connectivity index (χ2n) is 5.49. The maximum Gasteiger partial charge on any atom is 0.242 e. The topological polar surface area (TPSA) is 49.4 Å². The van der Waals surface area contributed by atoms with Crippen molar-refractivity contribution < 1.29 is 8.42 Å². The maximum absolute atomic E-state index is 12.3.